The molecule has 1 aromatic heterocycles. The summed E-state index contributed by atoms with van der Waals surface area (Å²) in [4.78, 5) is 6.82. The topological polar surface area (TPSA) is 16.1 Å². The van der Waals surface area contributed by atoms with E-state index in [4.69, 9.17) is 0 Å². The molecule has 1 atom stereocenters. The highest BCUT2D eigenvalue weighted by atomic mass is 15.2. The molecule has 1 saturated heterocycles. The van der Waals surface area contributed by atoms with Crippen LogP contribution < -0.4 is 0 Å². The van der Waals surface area contributed by atoms with Crippen LogP contribution in [-0.2, 0) is 0 Å². The Hall–Kier alpha value is -0.890. The van der Waals surface area contributed by atoms with Crippen LogP contribution in [0.15, 0.2) is 18.5 Å². The van der Waals surface area contributed by atoms with Crippen LogP contribution in [0.4, 0.5) is 0 Å². The summed E-state index contributed by atoms with van der Waals surface area (Å²) in [5.74, 6) is 0. The molecule has 0 bridgehead atoms. The lowest BCUT2D eigenvalue weighted by Crippen LogP contribution is -2.38. The SMILES string of the molecule is Cc1cnccc1[C@H]1CCCCN1C(C)C. The smallest absolute Gasteiger partial charge is 0.0354 e. The first kappa shape index (κ1) is 11.6. The molecule has 0 saturated carbocycles. The maximum Gasteiger partial charge on any atom is 0.0354 e. The molecule has 1 fully saturated rings. The van der Waals surface area contributed by atoms with Crippen molar-refractivity contribution in [2.45, 2.75) is 52.1 Å². The zero-order valence-corrected chi connectivity index (χ0v) is 10.6. The second-order valence-electron chi connectivity index (χ2n) is 5.08. The fraction of sp³-hybridized carbons (Fsp3) is 0.643. The van der Waals surface area contributed by atoms with Gasteiger partial charge in [-0.25, -0.2) is 0 Å². The fourth-order valence-electron chi connectivity index (χ4n) is 2.76. The highest BCUT2D eigenvalue weighted by Crippen LogP contribution is 2.33. The zero-order valence-electron chi connectivity index (χ0n) is 10.6. The lowest BCUT2D eigenvalue weighted by atomic mass is 9.92. The lowest BCUT2D eigenvalue weighted by molar-refractivity contribution is 0.111. The van der Waals surface area contributed by atoms with E-state index in [1.54, 1.807) is 0 Å². The van der Waals surface area contributed by atoms with Crippen molar-refractivity contribution < 1.29 is 0 Å². The molecule has 0 aromatic carbocycles. The van der Waals surface area contributed by atoms with Gasteiger partial charge in [0.15, 0.2) is 0 Å². The van der Waals surface area contributed by atoms with E-state index in [2.05, 4.69) is 36.7 Å². The van der Waals surface area contributed by atoms with Gasteiger partial charge in [-0.2, -0.15) is 0 Å². The number of pyridine rings is 1. The van der Waals surface area contributed by atoms with E-state index in [1.807, 2.05) is 12.4 Å². The number of aryl methyl sites for hydroxylation is 1. The number of hydrogen-bond acceptors (Lipinski definition) is 2. The number of hydrogen-bond donors (Lipinski definition) is 0. The molecule has 1 aliphatic heterocycles. The van der Waals surface area contributed by atoms with E-state index in [1.165, 1.54) is 36.9 Å². The van der Waals surface area contributed by atoms with E-state index in [-0.39, 0.29) is 0 Å². The molecule has 2 heteroatoms. The molecule has 2 nitrogen and oxygen atoms in total. The molecule has 16 heavy (non-hydrogen) atoms. The van der Waals surface area contributed by atoms with E-state index in [0.29, 0.717) is 12.1 Å². The second kappa shape index (κ2) is 4.96. The normalized spacial score (nSPS) is 22.6. The van der Waals surface area contributed by atoms with Crippen molar-refractivity contribution in [1.29, 1.82) is 0 Å². The Morgan fingerprint density at radius 3 is 2.88 bits per heavy atom. The predicted molar refractivity (Wildman–Crippen MR) is 67.4 cm³/mol. The third-order valence-corrected chi connectivity index (χ3v) is 3.63. The molecule has 88 valence electrons. The first-order valence-electron chi connectivity index (χ1n) is 6.36. The minimum absolute atomic E-state index is 0.608. The first-order valence-corrected chi connectivity index (χ1v) is 6.36. The summed E-state index contributed by atoms with van der Waals surface area (Å²) >= 11 is 0. The van der Waals surface area contributed by atoms with Crippen molar-refractivity contribution in [3.63, 3.8) is 0 Å². The maximum absolute atomic E-state index is 4.19. The van der Waals surface area contributed by atoms with E-state index in [9.17, 15) is 0 Å². The number of piperidine rings is 1. The Bertz CT molecular complexity index is 346. The molecule has 2 rings (SSSR count). The minimum Gasteiger partial charge on any atom is -0.294 e. The van der Waals surface area contributed by atoms with Crippen LogP contribution in [0.3, 0.4) is 0 Å². The summed E-state index contributed by atoms with van der Waals surface area (Å²) in [6.07, 6.45) is 7.91. The van der Waals surface area contributed by atoms with Crippen LogP contribution >= 0.6 is 0 Å². The summed E-state index contributed by atoms with van der Waals surface area (Å²) in [6.45, 7) is 8.02. The standard InChI is InChI=1S/C14H22N2/c1-11(2)16-9-5-4-6-14(16)13-7-8-15-10-12(13)3/h7-8,10-11,14H,4-6,9H2,1-3H3/t14-/m1/s1. The number of likely N-dealkylation sites (tertiary alicyclic amines) is 1. The molecule has 2 heterocycles. The molecule has 1 aromatic rings. The van der Waals surface area contributed by atoms with Crippen LogP contribution in [0.25, 0.3) is 0 Å². The second-order valence-corrected chi connectivity index (χ2v) is 5.08. The van der Waals surface area contributed by atoms with E-state index >= 15 is 0 Å². The predicted octanol–water partition coefficient (Wildman–Crippen LogP) is 3.33. The molecule has 0 spiro atoms. The van der Waals surface area contributed by atoms with Crippen molar-refractivity contribution in [3.8, 4) is 0 Å². The first-order chi connectivity index (χ1) is 7.70. The number of aromatic nitrogens is 1. The van der Waals surface area contributed by atoms with Gasteiger partial charge in [-0.15, -0.1) is 0 Å². The monoisotopic (exact) mass is 218 g/mol. The van der Waals surface area contributed by atoms with E-state index in [0.717, 1.165) is 0 Å². The minimum atomic E-state index is 0.608. The van der Waals surface area contributed by atoms with Gasteiger partial charge in [-0.1, -0.05) is 6.42 Å². The molecule has 0 aliphatic carbocycles. The van der Waals surface area contributed by atoms with Gasteiger partial charge < -0.3 is 0 Å². The van der Waals surface area contributed by atoms with Gasteiger partial charge in [0.1, 0.15) is 0 Å². The lowest BCUT2D eigenvalue weighted by Gasteiger charge is -2.39. The van der Waals surface area contributed by atoms with E-state index < -0.39 is 0 Å². The van der Waals surface area contributed by atoms with Gasteiger partial charge >= 0.3 is 0 Å². The van der Waals surface area contributed by atoms with Crippen molar-refractivity contribution in [2.24, 2.45) is 0 Å². The largest absolute Gasteiger partial charge is 0.294 e. The van der Waals surface area contributed by atoms with Crippen LogP contribution in [0, 0.1) is 6.92 Å². The highest BCUT2D eigenvalue weighted by Gasteiger charge is 2.26. The number of nitrogens with zero attached hydrogens (tertiary/aromatic N) is 2. The molecule has 0 N–H and O–H groups in total. The summed E-state index contributed by atoms with van der Waals surface area (Å²) in [7, 11) is 0. The van der Waals surface area contributed by atoms with Crippen molar-refractivity contribution in [3.05, 3.63) is 29.6 Å². The summed E-state index contributed by atoms with van der Waals surface area (Å²) in [6, 6.07) is 3.44. The molecular weight excluding hydrogens is 196 g/mol. The third kappa shape index (κ3) is 2.27. The molecular formula is C14H22N2. The molecule has 1 aliphatic rings. The van der Waals surface area contributed by atoms with Gasteiger partial charge in [0.2, 0.25) is 0 Å². The van der Waals surface area contributed by atoms with Crippen molar-refractivity contribution in [2.75, 3.05) is 6.54 Å². The molecule has 0 amide bonds. The van der Waals surface area contributed by atoms with Gasteiger partial charge in [0.05, 0.1) is 0 Å². The van der Waals surface area contributed by atoms with Gasteiger partial charge in [-0.05, 0) is 57.4 Å². The average Bonchev–Trinajstić information content (AvgIpc) is 2.29. The Balaban J connectivity index is 2.27. The van der Waals surface area contributed by atoms with Crippen LogP contribution in [-0.4, -0.2) is 22.5 Å². The summed E-state index contributed by atoms with van der Waals surface area (Å²) in [5.41, 5.74) is 2.81. The van der Waals surface area contributed by atoms with Crippen LogP contribution in [0.1, 0.15) is 50.3 Å². The van der Waals surface area contributed by atoms with Crippen molar-refractivity contribution >= 4 is 0 Å². The summed E-state index contributed by atoms with van der Waals surface area (Å²) in [5, 5.41) is 0. The van der Waals surface area contributed by atoms with Gasteiger partial charge in [0.25, 0.3) is 0 Å². The molecule has 0 unspecified atom stereocenters. The highest BCUT2D eigenvalue weighted by molar-refractivity contribution is 5.25. The zero-order chi connectivity index (χ0) is 11.5. The Morgan fingerprint density at radius 2 is 2.19 bits per heavy atom. The number of rotatable bonds is 2. The summed E-state index contributed by atoms with van der Waals surface area (Å²) < 4.78 is 0. The molecule has 0 radical (unpaired) electrons. The Kier molecular flexibility index (Phi) is 3.59. The average molecular weight is 218 g/mol. The van der Waals surface area contributed by atoms with Crippen LogP contribution in [0.5, 0.6) is 0 Å². The quantitative estimate of drug-likeness (QED) is 0.757. The van der Waals surface area contributed by atoms with Gasteiger partial charge in [-0.3, -0.25) is 9.88 Å². The van der Waals surface area contributed by atoms with Crippen LogP contribution in [0.2, 0.25) is 0 Å². The third-order valence-electron chi connectivity index (χ3n) is 3.63. The van der Waals surface area contributed by atoms with Crippen molar-refractivity contribution in [1.82, 2.24) is 9.88 Å². The van der Waals surface area contributed by atoms with Gasteiger partial charge in [0, 0.05) is 24.5 Å². The Labute approximate surface area is 98.7 Å². The Morgan fingerprint density at radius 1 is 1.38 bits per heavy atom. The maximum atomic E-state index is 4.19. The fourth-order valence-corrected chi connectivity index (χ4v) is 2.76.